The highest BCUT2D eigenvalue weighted by atomic mass is 127. The molecule has 0 aliphatic heterocycles. The molecular formula is C18H31IN6OS. The molecule has 0 aromatic carbocycles. The summed E-state index contributed by atoms with van der Waals surface area (Å²) in [4.78, 5) is 10.6. The predicted octanol–water partition coefficient (Wildman–Crippen LogP) is 3.09. The summed E-state index contributed by atoms with van der Waals surface area (Å²) in [7, 11) is 1.71. The van der Waals surface area contributed by atoms with Crippen LogP contribution < -0.4 is 10.6 Å². The van der Waals surface area contributed by atoms with E-state index in [-0.39, 0.29) is 24.0 Å². The largest absolute Gasteiger partial charge is 0.383 e. The fraction of sp³-hybridized carbons (Fsp3) is 0.611. The van der Waals surface area contributed by atoms with Crippen molar-refractivity contribution in [3.05, 3.63) is 32.5 Å². The minimum atomic E-state index is 0. The van der Waals surface area contributed by atoms with Gasteiger partial charge < -0.3 is 15.4 Å². The number of hydrogen-bond donors (Lipinski definition) is 2. The van der Waals surface area contributed by atoms with Crippen molar-refractivity contribution in [3.63, 3.8) is 0 Å². The molecule has 27 heavy (non-hydrogen) atoms. The fourth-order valence-corrected chi connectivity index (χ4v) is 3.51. The van der Waals surface area contributed by atoms with Crippen molar-refractivity contribution in [2.45, 2.75) is 54.3 Å². The molecule has 0 spiro atoms. The zero-order valence-corrected chi connectivity index (χ0v) is 20.2. The molecule has 0 saturated heterocycles. The van der Waals surface area contributed by atoms with Gasteiger partial charge in [0.2, 0.25) is 0 Å². The number of aliphatic imine (C=N–C) groups is 1. The number of rotatable bonds is 8. The zero-order valence-electron chi connectivity index (χ0n) is 17.0. The number of aromatic nitrogens is 3. The number of aryl methyl sites for hydroxylation is 3. The maximum absolute atomic E-state index is 5.15. The lowest BCUT2D eigenvalue weighted by Gasteiger charge is -2.10. The average molecular weight is 506 g/mol. The van der Waals surface area contributed by atoms with Crippen molar-refractivity contribution in [1.82, 2.24) is 25.4 Å². The summed E-state index contributed by atoms with van der Waals surface area (Å²) in [5.74, 6) is 0.793. The van der Waals surface area contributed by atoms with Gasteiger partial charge in [-0.05, 0) is 34.6 Å². The van der Waals surface area contributed by atoms with Gasteiger partial charge in [-0.3, -0.25) is 4.68 Å². The first kappa shape index (κ1) is 23.8. The van der Waals surface area contributed by atoms with Gasteiger partial charge in [0.15, 0.2) is 5.96 Å². The van der Waals surface area contributed by atoms with Crippen molar-refractivity contribution >= 4 is 41.3 Å². The summed E-state index contributed by atoms with van der Waals surface area (Å²) in [6.07, 6.45) is 0. The molecule has 0 amide bonds. The predicted molar refractivity (Wildman–Crippen MR) is 122 cm³/mol. The first-order valence-electron chi connectivity index (χ1n) is 8.93. The summed E-state index contributed by atoms with van der Waals surface area (Å²) in [6.45, 7) is 13.8. The number of hydrogen-bond acceptors (Lipinski definition) is 5. The molecule has 2 heterocycles. The van der Waals surface area contributed by atoms with Crippen LogP contribution in [0.3, 0.4) is 0 Å². The number of thiazole rings is 1. The summed E-state index contributed by atoms with van der Waals surface area (Å²) in [6, 6.07) is 0. The summed E-state index contributed by atoms with van der Waals surface area (Å²) in [5, 5.41) is 12.3. The molecule has 2 rings (SSSR count). The molecule has 0 fully saturated rings. The number of methoxy groups -OCH3 is 1. The average Bonchev–Trinajstić information content (AvgIpc) is 3.07. The van der Waals surface area contributed by atoms with Crippen LogP contribution in [-0.4, -0.2) is 41.0 Å². The number of nitrogens with one attached hydrogen (secondary N) is 2. The number of halogens is 1. The summed E-state index contributed by atoms with van der Waals surface area (Å²) >= 11 is 1.72. The van der Waals surface area contributed by atoms with E-state index in [9.17, 15) is 0 Å². The first-order chi connectivity index (χ1) is 12.5. The SMILES string of the molecule is CCNC(=NCc1c(C)nn(CCOC)c1C)NCc1nc(C)c(C)s1.I. The highest BCUT2D eigenvalue weighted by Gasteiger charge is 2.11. The van der Waals surface area contributed by atoms with Gasteiger partial charge in [0, 0.05) is 29.8 Å². The van der Waals surface area contributed by atoms with Gasteiger partial charge in [-0.1, -0.05) is 0 Å². The number of ether oxygens (including phenoxy) is 1. The van der Waals surface area contributed by atoms with Crippen molar-refractivity contribution in [2.75, 3.05) is 20.3 Å². The van der Waals surface area contributed by atoms with Gasteiger partial charge in [-0.25, -0.2) is 9.98 Å². The highest BCUT2D eigenvalue weighted by molar-refractivity contribution is 14.0. The standard InChI is InChI=1S/C18H30N6OS.HI/c1-7-19-18(21-11-17-22-12(2)15(5)26-17)20-10-16-13(3)23-24(14(16)4)8-9-25-6;/h7-11H2,1-6H3,(H2,19,20,21);1H. The van der Waals surface area contributed by atoms with Crippen molar-refractivity contribution < 1.29 is 4.74 Å². The first-order valence-corrected chi connectivity index (χ1v) is 9.74. The molecule has 0 bridgehead atoms. The molecule has 0 atom stereocenters. The Balaban J connectivity index is 0.00000364. The van der Waals surface area contributed by atoms with E-state index >= 15 is 0 Å². The van der Waals surface area contributed by atoms with Crippen LogP contribution in [0.5, 0.6) is 0 Å². The monoisotopic (exact) mass is 506 g/mol. The van der Waals surface area contributed by atoms with Crippen LogP contribution >= 0.6 is 35.3 Å². The molecule has 0 saturated carbocycles. The quantitative estimate of drug-likeness (QED) is 0.327. The smallest absolute Gasteiger partial charge is 0.191 e. The van der Waals surface area contributed by atoms with E-state index in [4.69, 9.17) is 9.73 Å². The molecule has 2 N–H and O–H groups in total. The van der Waals surface area contributed by atoms with Crippen LogP contribution in [0, 0.1) is 27.7 Å². The van der Waals surface area contributed by atoms with Crippen LogP contribution in [0.2, 0.25) is 0 Å². The van der Waals surface area contributed by atoms with Gasteiger partial charge in [-0.15, -0.1) is 35.3 Å². The maximum atomic E-state index is 5.15. The lowest BCUT2D eigenvalue weighted by Crippen LogP contribution is -2.36. The van der Waals surface area contributed by atoms with E-state index in [0.29, 0.717) is 19.7 Å². The Labute approximate surface area is 183 Å². The lowest BCUT2D eigenvalue weighted by molar-refractivity contribution is 0.182. The van der Waals surface area contributed by atoms with E-state index < -0.39 is 0 Å². The van der Waals surface area contributed by atoms with Crippen LogP contribution in [0.25, 0.3) is 0 Å². The Morgan fingerprint density at radius 3 is 2.52 bits per heavy atom. The molecule has 2 aromatic heterocycles. The minimum Gasteiger partial charge on any atom is -0.383 e. The second kappa shape index (κ2) is 11.6. The van der Waals surface area contributed by atoms with Gasteiger partial charge in [0.25, 0.3) is 0 Å². The van der Waals surface area contributed by atoms with Gasteiger partial charge in [0.1, 0.15) is 5.01 Å². The molecule has 0 aliphatic rings. The van der Waals surface area contributed by atoms with E-state index in [2.05, 4.69) is 41.5 Å². The Hall–Kier alpha value is -1.20. The molecular weight excluding hydrogens is 475 g/mol. The van der Waals surface area contributed by atoms with Crippen LogP contribution in [0.15, 0.2) is 4.99 Å². The molecule has 0 unspecified atom stereocenters. The highest BCUT2D eigenvalue weighted by Crippen LogP contribution is 2.16. The maximum Gasteiger partial charge on any atom is 0.191 e. The minimum absolute atomic E-state index is 0. The van der Waals surface area contributed by atoms with Gasteiger partial charge >= 0.3 is 0 Å². The van der Waals surface area contributed by atoms with E-state index in [1.807, 2.05) is 18.5 Å². The van der Waals surface area contributed by atoms with E-state index in [1.54, 1.807) is 18.4 Å². The van der Waals surface area contributed by atoms with Gasteiger partial charge in [0.05, 0.1) is 37.6 Å². The topological polar surface area (TPSA) is 76.4 Å². The number of nitrogens with zero attached hydrogens (tertiary/aromatic N) is 4. The van der Waals surface area contributed by atoms with Crippen LogP contribution in [0.1, 0.15) is 39.5 Å². The molecule has 152 valence electrons. The third-order valence-electron chi connectivity index (χ3n) is 4.26. The molecule has 0 aliphatic carbocycles. The van der Waals surface area contributed by atoms with Crippen molar-refractivity contribution in [1.29, 1.82) is 0 Å². The molecule has 2 aromatic rings. The Morgan fingerprint density at radius 2 is 1.93 bits per heavy atom. The summed E-state index contributed by atoms with van der Waals surface area (Å²) < 4.78 is 7.14. The second-order valence-corrected chi connectivity index (χ2v) is 7.45. The fourth-order valence-electron chi connectivity index (χ4n) is 2.63. The molecule has 9 heteroatoms. The normalized spacial score (nSPS) is 11.4. The van der Waals surface area contributed by atoms with Crippen molar-refractivity contribution in [3.8, 4) is 0 Å². The number of guanidine groups is 1. The second-order valence-electron chi connectivity index (χ2n) is 6.16. The van der Waals surface area contributed by atoms with Crippen LogP contribution in [-0.2, 0) is 24.4 Å². The van der Waals surface area contributed by atoms with Crippen LogP contribution in [0.4, 0.5) is 0 Å². The van der Waals surface area contributed by atoms with Gasteiger partial charge in [-0.2, -0.15) is 5.10 Å². The van der Waals surface area contributed by atoms with Crippen molar-refractivity contribution in [2.24, 2.45) is 4.99 Å². The Morgan fingerprint density at radius 1 is 1.19 bits per heavy atom. The Kier molecular flexibility index (Phi) is 10.2. The third kappa shape index (κ3) is 6.72. The third-order valence-corrected chi connectivity index (χ3v) is 5.33. The summed E-state index contributed by atoms with van der Waals surface area (Å²) in [5.41, 5.74) is 4.43. The zero-order chi connectivity index (χ0) is 19.1. The molecule has 7 nitrogen and oxygen atoms in total. The molecule has 0 radical (unpaired) electrons. The van der Waals surface area contributed by atoms with E-state index in [0.717, 1.165) is 41.1 Å². The Bertz CT molecular complexity index is 736. The lowest BCUT2D eigenvalue weighted by atomic mass is 10.2. The van der Waals surface area contributed by atoms with E-state index in [1.165, 1.54) is 10.4 Å².